The van der Waals surface area contributed by atoms with E-state index in [1.807, 2.05) is 60.7 Å². The molecule has 3 heteroatoms. The van der Waals surface area contributed by atoms with Crippen LogP contribution in [0.4, 0.5) is 0 Å². The van der Waals surface area contributed by atoms with Crippen molar-refractivity contribution < 1.29 is 13.9 Å². The topological polar surface area (TPSA) is 31.6 Å². The quantitative estimate of drug-likeness (QED) is 0.698. The van der Waals surface area contributed by atoms with E-state index in [-0.39, 0.29) is 0 Å². The smallest absolute Gasteiger partial charge is 0.161 e. The second-order valence-corrected chi connectivity index (χ2v) is 4.60. The van der Waals surface area contributed by atoms with Crippen LogP contribution in [0.5, 0.6) is 11.5 Å². The number of methoxy groups -OCH3 is 2. The molecule has 0 bridgehead atoms. The van der Waals surface area contributed by atoms with Crippen LogP contribution in [0.2, 0.25) is 0 Å². The Labute approximate surface area is 123 Å². The molecule has 0 amide bonds. The second-order valence-electron chi connectivity index (χ2n) is 4.60. The summed E-state index contributed by atoms with van der Waals surface area (Å²) in [6.07, 6.45) is 0. The van der Waals surface area contributed by atoms with Gasteiger partial charge in [0.25, 0.3) is 0 Å². The normalized spacial score (nSPS) is 10.4. The molecule has 0 N–H and O–H groups in total. The number of hydrogen-bond donors (Lipinski definition) is 0. The molecular formula is C18H16O3. The van der Waals surface area contributed by atoms with Crippen molar-refractivity contribution in [3.05, 3.63) is 60.7 Å². The van der Waals surface area contributed by atoms with Gasteiger partial charge in [-0.15, -0.1) is 0 Å². The van der Waals surface area contributed by atoms with Crippen LogP contribution in [-0.4, -0.2) is 14.2 Å². The molecule has 0 saturated heterocycles. The molecule has 1 aromatic heterocycles. The Morgan fingerprint density at radius 1 is 0.667 bits per heavy atom. The number of benzene rings is 2. The molecule has 0 radical (unpaired) electrons. The molecule has 106 valence electrons. The molecule has 0 atom stereocenters. The first-order valence-electron chi connectivity index (χ1n) is 6.69. The van der Waals surface area contributed by atoms with Gasteiger partial charge in [0.2, 0.25) is 0 Å². The van der Waals surface area contributed by atoms with E-state index >= 15 is 0 Å². The Morgan fingerprint density at radius 3 is 2.00 bits per heavy atom. The molecule has 3 aromatic rings. The lowest BCUT2D eigenvalue weighted by Crippen LogP contribution is -1.90. The van der Waals surface area contributed by atoms with Gasteiger partial charge in [-0.2, -0.15) is 0 Å². The van der Waals surface area contributed by atoms with Crippen molar-refractivity contribution in [1.82, 2.24) is 0 Å². The maximum atomic E-state index is 5.93. The van der Waals surface area contributed by atoms with E-state index in [0.717, 1.165) is 22.6 Å². The molecule has 0 aliphatic heterocycles. The fourth-order valence-corrected chi connectivity index (χ4v) is 2.24. The molecule has 0 saturated carbocycles. The largest absolute Gasteiger partial charge is 0.493 e. The highest BCUT2D eigenvalue weighted by molar-refractivity contribution is 5.67. The molecule has 2 aromatic carbocycles. The minimum Gasteiger partial charge on any atom is -0.493 e. The molecule has 0 fully saturated rings. The van der Waals surface area contributed by atoms with E-state index < -0.39 is 0 Å². The fourth-order valence-electron chi connectivity index (χ4n) is 2.24. The lowest BCUT2D eigenvalue weighted by molar-refractivity contribution is 0.355. The van der Waals surface area contributed by atoms with E-state index in [4.69, 9.17) is 13.9 Å². The summed E-state index contributed by atoms with van der Waals surface area (Å²) in [6, 6.07) is 19.7. The fraction of sp³-hybridized carbons (Fsp3) is 0.111. The highest BCUT2D eigenvalue weighted by Gasteiger charge is 2.10. The maximum absolute atomic E-state index is 5.93. The number of furan rings is 1. The third kappa shape index (κ3) is 2.63. The van der Waals surface area contributed by atoms with Crippen LogP contribution in [0.3, 0.4) is 0 Å². The van der Waals surface area contributed by atoms with Crippen LogP contribution >= 0.6 is 0 Å². The molecule has 0 spiro atoms. The third-order valence-electron chi connectivity index (χ3n) is 3.33. The van der Waals surface area contributed by atoms with Crippen molar-refractivity contribution >= 4 is 0 Å². The van der Waals surface area contributed by atoms with E-state index in [1.54, 1.807) is 14.2 Å². The van der Waals surface area contributed by atoms with Crippen molar-refractivity contribution in [2.75, 3.05) is 14.2 Å². The van der Waals surface area contributed by atoms with Crippen LogP contribution in [0.25, 0.3) is 22.6 Å². The van der Waals surface area contributed by atoms with Gasteiger partial charge in [-0.25, -0.2) is 0 Å². The molecule has 0 aliphatic carbocycles. The van der Waals surface area contributed by atoms with Gasteiger partial charge in [-0.05, 0) is 30.3 Å². The second kappa shape index (κ2) is 5.75. The summed E-state index contributed by atoms with van der Waals surface area (Å²) >= 11 is 0. The zero-order valence-electron chi connectivity index (χ0n) is 12.0. The molecular weight excluding hydrogens is 264 g/mol. The third-order valence-corrected chi connectivity index (χ3v) is 3.33. The average molecular weight is 280 g/mol. The van der Waals surface area contributed by atoms with Gasteiger partial charge in [0, 0.05) is 11.1 Å². The number of rotatable bonds is 4. The van der Waals surface area contributed by atoms with Crippen molar-refractivity contribution in [3.8, 4) is 34.1 Å². The molecule has 0 aliphatic rings. The summed E-state index contributed by atoms with van der Waals surface area (Å²) in [5.74, 6) is 3.04. The van der Waals surface area contributed by atoms with E-state index in [2.05, 4.69) is 0 Å². The van der Waals surface area contributed by atoms with Gasteiger partial charge in [0.1, 0.15) is 11.5 Å². The lowest BCUT2D eigenvalue weighted by atomic mass is 10.1. The molecule has 21 heavy (non-hydrogen) atoms. The Morgan fingerprint density at radius 2 is 1.33 bits per heavy atom. The summed E-state index contributed by atoms with van der Waals surface area (Å²) in [6.45, 7) is 0. The Balaban J connectivity index is 1.97. The minimum atomic E-state index is 0.688. The van der Waals surface area contributed by atoms with Crippen LogP contribution < -0.4 is 9.47 Å². The minimum absolute atomic E-state index is 0.688. The first-order valence-corrected chi connectivity index (χ1v) is 6.69. The predicted molar refractivity (Wildman–Crippen MR) is 82.7 cm³/mol. The summed E-state index contributed by atoms with van der Waals surface area (Å²) in [5.41, 5.74) is 2.01. The number of hydrogen-bond acceptors (Lipinski definition) is 3. The van der Waals surface area contributed by atoms with Gasteiger partial charge in [0.15, 0.2) is 11.5 Å². The molecule has 0 unspecified atom stereocenters. The predicted octanol–water partition coefficient (Wildman–Crippen LogP) is 4.63. The zero-order valence-corrected chi connectivity index (χ0v) is 12.0. The Bertz CT molecular complexity index is 729. The average Bonchev–Trinajstić information content (AvgIpc) is 3.05. The van der Waals surface area contributed by atoms with Gasteiger partial charge >= 0.3 is 0 Å². The summed E-state index contributed by atoms with van der Waals surface area (Å²) in [5, 5.41) is 0. The maximum Gasteiger partial charge on any atom is 0.161 e. The Hall–Kier alpha value is -2.68. The van der Waals surface area contributed by atoms with Crippen molar-refractivity contribution in [2.24, 2.45) is 0 Å². The SMILES string of the molecule is COc1ccc(-c2ccc(-c3ccccc3)o2)cc1OC. The summed E-state index contributed by atoms with van der Waals surface area (Å²) in [4.78, 5) is 0. The Kier molecular flexibility index (Phi) is 3.65. The van der Waals surface area contributed by atoms with E-state index in [0.29, 0.717) is 11.5 Å². The highest BCUT2D eigenvalue weighted by Crippen LogP contribution is 2.34. The van der Waals surface area contributed by atoms with Gasteiger partial charge in [-0.1, -0.05) is 30.3 Å². The van der Waals surface area contributed by atoms with Gasteiger partial charge in [0.05, 0.1) is 14.2 Å². The molecule has 3 rings (SSSR count). The van der Waals surface area contributed by atoms with Gasteiger partial charge < -0.3 is 13.9 Å². The van der Waals surface area contributed by atoms with Crippen LogP contribution in [0.1, 0.15) is 0 Å². The summed E-state index contributed by atoms with van der Waals surface area (Å²) in [7, 11) is 3.25. The zero-order chi connectivity index (χ0) is 14.7. The standard InChI is InChI=1S/C18H16O3/c1-19-17-9-8-14(12-18(17)20-2)16-11-10-15(21-16)13-6-4-3-5-7-13/h3-12H,1-2H3. The van der Waals surface area contributed by atoms with Crippen LogP contribution in [0, 0.1) is 0 Å². The van der Waals surface area contributed by atoms with Crippen LogP contribution in [-0.2, 0) is 0 Å². The van der Waals surface area contributed by atoms with Crippen LogP contribution in [0.15, 0.2) is 65.1 Å². The van der Waals surface area contributed by atoms with E-state index in [1.165, 1.54) is 0 Å². The lowest BCUT2D eigenvalue weighted by Gasteiger charge is -2.08. The monoisotopic (exact) mass is 280 g/mol. The van der Waals surface area contributed by atoms with E-state index in [9.17, 15) is 0 Å². The first-order chi connectivity index (χ1) is 10.3. The highest BCUT2D eigenvalue weighted by atomic mass is 16.5. The van der Waals surface area contributed by atoms with Crippen molar-refractivity contribution in [3.63, 3.8) is 0 Å². The summed E-state index contributed by atoms with van der Waals surface area (Å²) < 4.78 is 16.5. The van der Waals surface area contributed by atoms with Gasteiger partial charge in [-0.3, -0.25) is 0 Å². The first kappa shape index (κ1) is 13.3. The molecule has 1 heterocycles. The number of ether oxygens (including phenoxy) is 2. The van der Waals surface area contributed by atoms with Crippen molar-refractivity contribution in [2.45, 2.75) is 0 Å². The van der Waals surface area contributed by atoms with Crippen molar-refractivity contribution in [1.29, 1.82) is 0 Å². The molecule has 3 nitrogen and oxygen atoms in total.